The lowest BCUT2D eigenvalue weighted by Gasteiger charge is -2.30. The summed E-state index contributed by atoms with van der Waals surface area (Å²) in [6.45, 7) is 9.82. The molecule has 1 aliphatic rings. The van der Waals surface area contributed by atoms with E-state index in [0.717, 1.165) is 27.6 Å². The SMILES string of the molecule is C=C1C(C)(O)CCC1(C)c1cc(Br)c(C)cc1O. The first-order valence-electron chi connectivity index (χ1n) is 6.10. The fourth-order valence-corrected chi connectivity index (χ4v) is 3.14. The Kier molecular flexibility index (Phi) is 3.11. The molecular formula is C15H19BrO2. The summed E-state index contributed by atoms with van der Waals surface area (Å²) in [7, 11) is 0. The van der Waals surface area contributed by atoms with Crippen LogP contribution in [0.3, 0.4) is 0 Å². The minimum atomic E-state index is -0.849. The third kappa shape index (κ3) is 1.90. The van der Waals surface area contributed by atoms with Crippen LogP contribution in [0, 0.1) is 6.92 Å². The van der Waals surface area contributed by atoms with E-state index in [1.54, 1.807) is 13.0 Å². The zero-order valence-corrected chi connectivity index (χ0v) is 12.6. The van der Waals surface area contributed by atoms with E-state index in [4.69, 9.17) is 0 Å². The van der Waals surface area contributed by atoms with Gasteiger partial charge < -0.3 is 10.2 Å². The van der Waals surface area contributed by atoms with Gasteiger partial charge in [-0.2, -0.15) is 0 Å². The molecular weight excluding hydrogens is 292 g/mol. The molecule has 98 valence electrons. The van der Waals surface area contributed by atoms with Crippen molar-refractivity contribution in [3.63, 3.8) is 0 Å². The van der Waals surface area contributed by atoms with Crippen molar-refractivity contribution in [2.75, 3.05) is 0 Å². The highest BCUT2D eigenvalue weighted by atomic mass is 79.9. The Morgan fingerprint density at radius 1 is 1.28 bits per heavy atom. The van der Waals surface area contributed by atoms with E-state index in [0.29, 0.717) is 6.42 Å². The summed E-state index contributed by atoms with van der Waals surface area (Å²) in [5.74, 6) is 0.275. The maximum absolute atomic E-state index is 10.3. The zero-order chi connectivity index (χ0) is 13.7. The largest absolute Gasteiger partial charge is 0.508 e. The molecule has 1 aromatic carbocycles. The van der Waals surface area contributed by atoms with E-state index < -0.39 is 5.60 Å². The van der Waals surface area contributed by atoms with Gasteiger partial charge in [0.1, 0.15) is 5.75 Å². The number of rotatable bonds is 1. The van der Waals surface area contributed by atoms with Crippen LogP contribution < -0.4 is 0 Å². The number of hydrogen-bond donors (Lipinski definition) is 2. The Labute approximate surface area is 116 Å². The molecule has 2 rings (SSSR count). The summed E-state index contributed by atoms with van der Waals surface area (Å²) >= 11 is 3.50. The summed E-state index contributed by atoms with van der Waals surface area (Å²) in [4.78, 5) is 0. The van der Waals surface area contributed by atoms with Crippen molar-refractivity contribution in [3.05, 3.63) is 39.9 Å². The summed E-state index contributed by atoms with van der Waals surface area (Å²) in [6.07, 6.45) is 1.47. The maximum Gasteiger partial charge on any atom is 0.119 e. The Bertz CT molecular complexity index is 519. The number of benzene rings is 1. The molecule has 2 unspecified atom stereocenters. The van der Waals surface area contributed by atoms with Crippen LogP contribution in [0.1, 0.15) is 37.8 Å². The fraction of sp³-hybridized carbons (Fsp3) is 0.467. The molecule has 2 atom stereocenters. The Hall–Kier alpha value is -0.800. The van der Waals surface area contributed by atoms with Crippen LogP contribution in [0.2, 0.25) is 0 Å². The van der Waals surface area contributed by atoms with Crippen LogP contribution in [-0.4, -0.2) is 15.8 Å². The van der Waals surface area contributed by atoms with E-state index in [-0.39, 0.29) is 11.2 Å². The second-order valence-corrected chi connectivity index (χ2v) is 6.56. The van der Waals surface area contributed by atoms with Gasteiger partial charge in [0.2, 0.25) is 0 Å². The first kappa shape index (κ1) is 13.6. The minimum Gasteiger partial charge on any atom is -0.508 e. The number of hydrogen-bond acceptors (Lipinski definition) is 2. The van der Waals surface area contributed by atoms with Gasteiger partial charge in [0, 0.05) is 15.5 Å². The van der Waals surface area contributed by atoms with Crippen LogP contribution in [-0.2, 0) is 5.41 Å². The molecule has 0 aromatic heterocycles. The van der Waals surface area contributed by atoms with Crippen molar-refractivity contribution in [2.45, 2.75) is 44.6 Å². The van der Waals surface area contributed by atoms with Crippen LogP contribution in [0.25, 0.3) is 0 Å². The van der Waals surface area contributed by atoms with Crippen molar-refractivity contribution < 1.29 is 10.2 Å². The number of phenolic OH excluding ortho intramolecular Hbond substituents is 1. The van der Waals surface area contributed by atoms with E-state index in [2.05, 4.69) is 22.5 Å². The van der Waals surface area contributed by atoms with Crippen LogP contribution in [0.4, 0.5) is 0 Å². The highest BCUT2D eigenvalue weighted by Crippen LogP contribution is 2.52. The fourth-order valence-electron chi connectivity index (χ4n) is 2.79. The van der Waals surface area contributed by atoms with Crippen LogP contribution in [0.15, 0.2) is 28.8 Å². The van der Waals surface area contributed by atoms with Gasteiger partial charge in [0.15, 0.2) is 0 Å². The third-order valence-corrected chi connectivity index (χ3v) is 5.15. The summed E-state index contributed by atoms with van der Waals surface area (Å²) in [5.41, 5.74) is 1.39. The van der Waals surface area contributed by atoms with Gasteiger partial charge in [-0.05, 0) is 50.0 Å². The average Bonchev–Trinajstić information content (AvgIpc) is 2.49. The van der Waals surface area contributed by atoms with Crippen molar-refractivity contribution >= 4 is 15.9 Å². The van der Waals surface area contributed by atoms with Crippen molar-refractivity contribution in [3.8, 4) is 5.75 Å². The van der Waals surface area contributed by atoms with E-state index in [1.807, 2.05) is 19.9 Å². The second-order valence-electron chi connectivity index (χ2n) is 5.70. The number of phenols is 1. The Morgan fingerprint density at radius 3 is 2.39 bits per heavy atom. The minimum absolute atomic E-state index is 0.275. The molecule has 2 N–H and O–H groups in total. The molecule has 2 nitrogen and oxygen atoms in total. The molecule has 1 aliphatic carbocycles. The molecule has 1 saturated carbocycles. The summed E-state index contributed by atoms with van der Waals surface area (Å²) in [6, 6.07) is 3.70. The molecule has 18 heavy (non-hydrogen) atoms. The molecule has 0 radical (unpaired) electrons. The number of aryl methyl sites for hydroxylation is 1. The summed E-state index contributed by atoms with van der Waals surface area (Å²) in [5, 5.41) is 20.5. The number of aliphatic hydroxyl groups is 1. The lowest BCUT2D eigenvalue weighted by molar-refractivity contribution is 0.105. The Balaban J connectivity index is 2.56. The molecule has 0 amide bonds. The summed E-state index contributed by atoms with van der Waals surface area (Å²) < 4.78 is 0.968. The first-order chi connectivity index (χ1) is 8.18. The second kappa shape index (κ2) is 4.10. The molecule has 1 fully saturated rings. The Morgan fingerprint density at radius 2 is 1.89 bits per heavy atom. The molecule has 0 saturated heterocycles. The quantitative estimate of drug-likeness (QED) is 0.774. The van der Waals surface area contributed by atoms with E-state index in [1.165, 1.54) is 0 Å². The van der Waals surface area contributed by atoms with Gasteiger partial charge in [-0.15, -0.1) is 0 Å². The van der Waals surface area contributed by atoms with E-state index in [9.17, 15) is 10.2 Å². The van der Waals surface area contributed by atoms with Gasteiger partial charge >= 0.3 is 0 Å². The van der Waals surface area contributed by atoms with E-state index >= 15 is 0 Å². The molecule has 0 heterocycles. The standard InChI is InChI=1S/C15H19BrO2/c1-9-7-13(17)11(8-12(9)16)14(3)5-6-15(4,18)10(14)2/h7-8,17-18H,2,5-6H2,1,3-4H3. The predicted octanol–water partition coefficient (Wildman–Crippen LogP) is 3.82. The molecule has 0 aliphatic heterocycles. The number of halogens is 1. The molecule has 1 aromatic rings. The molecule has 0 bridgehead atoms. The highest BCUT2D eigenvalue weighted by Gasteiger charge is 2.47. The third-order valence-electron chi connectivity index (χ3n) is 4.30. The van der Waals surface area contributed by atoms with Crippen molar-refractivity contribution in [1.29, 1.82) is 0 Å². The van der Waals surface area contributed by atoms with Gasteiger partial charge in [-0.1, -0.05) is 29.4 Å². The topological polar surface area (TPSA) is 40.5 Å². The van der Waals surface area contributed by atoms with Gasteiger partial charge in [0.05, 0.1) is 5.60 Å². The lowest BCUT2D eigenvalue weighted by Crippen LogP contribution is -2.28. The highest BCUT2D eigenvalue weighted by molar-refractivity contribution is 9.10. The lowest BCUT2D eigenvalue weighted by atomic mass is 9.76. The number of aromatic hydroxyl groups is 1. The van der Waals surface area contributed by atoms with Crippen LogP contribution >= 0.6 is 15.9 Å². The molecule has 0 spiro atoms. The van der Waals surface area contributed by atoms with Gasteiger partial charge in [0.25, 0.3) is 0 Å². The normalized spacial score (nSPS) is 31.9. The first-order valence-corrected chi connectivity index (χ1v) is 6.89. The molecule has 3 heteroatoms. The average molecular weight is 311 g/mol. The van der Waals surface area contributed by atoms with Crippen molar-refractivity contribution in [1.82, 2.24) is 0 Å². The maximum atomic E-state index is 10.3. The smallest absolute Gasteiger partial charge is 0.119 e. The van der Waals surface area contributed by atoms with Gasteiger partial charge in [-0.3, -0.25) is 0 Å². The zero-order valence-electron chi connectivity index (χ0n) is 11.0. The van der Waals surface area contributed by atoms with Gasteiger partial charge in [-0.25, -0.2) is 0 Å². The van der Waals surface area contributed by atoms with Crippen molar-refractivity contribution in [2.24, 2.45) is 0 Å². The predicted molar refractivity (Wildman–Crippen MR) is 76.9 cm³/mol. The monoisotopic (exact) mass is 310 g/mol. The van der Waals surface area contributed by atoms with Crippen LogP contribution in [0.5, 0.6) is 5.75 Å².